The number of nitrogens with one attached hydrogen (secondary N) is 4. The first-order chi connectivity index (χ1) is 23.5. The summed E-state index contributed by atoms with van der Waals surface area (Å²) in [4.78, 5) is 32.0. The Labute approximate surface area is 286 Å². The highest BCUT2D eigenvalue weighted by atomic mass is 35.5. The Morgan fingerprint density at radius 1 is 1.22 bits per heavy atom. The number of nitrogens with zero attached hydrogens (tertiary/aromatic N) is 5. The maximum absolute atomic E-state index is 15.6. The van der Waals surface area contributed by atoms with E-state index in [1.165, 1.54) is 42.7 Å². The van der Waals surface area contributed by atoms with Crippen molar-refractivity contribution in [2.45, 2.75) is 63.6 Å². The van der Waals surface area contributed by atoms with Crippen LogP contribution in [0.5, 0.6) is 0 Å². The third-order valence-corrected chi connectivity index (χ3v) is 8.70. The van der Waals surface area contributed by atoms with Gasteiger partial charge in [0.2, 0.25) is 0 Å². The zero-order valence-electron chi connectivity index (χ0n) is 26.8. The number of ether oxygens (including phenoxy) is 1. The number of carbonyl (C=O) groups is 2. The van der Waals surface area contributed by atoms with Crippen LogP contribution in [-0.4, -0.2) is 66.4 Å². The van der Waals surface area contributed by atoms with E-state index >= 15 is 4.39 Å². The van der Waals surface area contributed by atoms with Gasteiger partial charge in [-0.15, -0.1) is 0 Å². The van der Waals surface area contributed by atoms with E-state index in [1.54, 1.807) is 6.07 Å². The minimum Gasteiger partial charge on any atom is -0.447 e. The third-order valence-electron chi connectivity index (χ3n) is 8.38. The summed E-state index contributed by atoms with van der Waals surface area (Å²) in [6.45, 7) is 4.90. The summed E-state index contributed by atoms with van der Waals surface area (Å²) in [5.41, 5.74) is -1.30. The second-order valence-electron chi connectivity index (χ2n) is 13.3. The van der Waals surface area contributed by atoms with E-state index < -0.39 is 78.0 Å². The van der Waals surface area contributed by atoms with Crippen LogP contribution in [-0.2, 0) is 15.1 Å². The highest BCUT2D eigenvalue weighted by Gasteiger charge is 2.58. The lowest BCUT2D eigenvalue weighted by molar-refractivity contribution is -0.134. The molecule has 1 aliphatic heterocycles. The van der Waals surface area contributed by atoms with E-state index in [2.05, 4.69) is 30.9 Å². The van der Waals surface area contributed by atoms with Gasteiger partial charge in [-0.3, -0.25) is 20.2 Å². The van der Waals surface area contributed by atoms with Gasteiger partial charge in [-0.05, 0) is 41.2 Å². The first kappa shape index (κ1) is 34.8. The number of amides is 2. The summed E-state index contributed by atoms with van der Waals surface area (Å²) >= 11 is 6.39. The molecular formula is C32H31ClF5N9O3. The van der Waals surface area contributed by atoms with Crippen molar-refractivity contribution in [2.24, 2.45) is 5.41 Å². The highest BCUT2D eigenvalue weighted by molar-refractivity contribution is 6.32. The lowest BCUT2D eigenvalue weighted by Crippen LogP contribution is -2.47. The Morgan fingerprint density at radius 3 is 2.58 bits per heavy atom. The van der Waals surface area contributed by atoms with Gasteiger partial charge in [-0.1, -0.05) is 50.6 Å². The van der Waals surface area contributed by atoms with Crippen LogP contribution in [0.4, 0.5) is 26.7 Å². The Kier molecular flexibility index (Phi) is 8.82. The molecule has 2 aliphatic rings. The molecule has 1 saturated heterocycles. The van der Waals surface area contributed by atoms with Crippen molar-refractivity contribution >= 4 is 29.6 Å². The van der Waals surface area contributed by atoms with E-state index in [1.807, 2.05) is 20.8 Å². The summed E-state index contributed by atoms with van der Waals surface area (Å²) < 4.78 is 76.4. The molecule has 3 atom stereocenters. The Hall–Kier alpha value is -5.06. The van der Waals surface area contributed by atoms with Crippen molar-refractivity contribution < 1.29 is 36.3 Å². The summed E-state index contributed by atoms with van der Waals surface area (Å²) in [6.07, 6.45) is -0.882. The van der Waals surface area contributed by atoms with Crippen LogP contribution in [0.3, 0.4) is 0 Å². The molecule has 6 rings (SSSR count). The molecule has 0 bridgehead atoms. The first-order valence-electron chi connectivity index (χ1n) is 15.3. The molecule has 3 heterocycles. The largest absolute Gasteiger partial charge is 0.447 e. The number of carbonyl (C=O) groups excluding carboxylic acids is 2. The number of guanidine groups is 1. The number of hydrogen-bond donors (Lipinski definition) is 4. The van der Waals surface area contributed by atoms with Crippen LogP contribution in [0.1, 0.15) is 63.0 Å². The van der Waals surface area contributed by atoms with Gasteiger partial charge in [0.05, 0.1) is 22.9 Å². The molecule has 2 fully saturated rings. The van der Waals surface area contributed by atoms with Crippen molar-refractivity contribution in [3.8, 4) is 16.8 Å². The molecule has 0 radical (unpaired) electrons. The van der Waals surface area contributed by atoms with Gasteiger partial charge in [-0.25, -0.2) is 36.4 Å². The van der Waals surface area contributed by atoms with Gasteiger partial charge in [-0.2, -0.15) is 10.2 Å². The molecule has 2 aromatic heterocycles. The average molecular weight is 720 g/mol. The number of benzene rings is 2. The lowest BCUT2D eigenvalue weighted by atomic mass is 9.75. The van der Waals surface area contributed by atoms with Crippen LogP contribution in [0, 0.1) is 16.6 Å². The number of halogens is 6. The zero-order chi connectivity index (χ0) is 36.2. The van der Waals surface area contributed by atoms with Crippen molar-refractivity contribution in [2.75, 3.05) is 6.61 Å². The van der Waals surface area contributed by atoms with Crippen LogP contribution in [0.25, 0.3) is 16.8 Å². The number of aromatic amines is 1. The molecule has 1 unspecified atom stereocenters. The molecule has 50 heavy (non-hydrogen) atoms. The molecule has 2 aromatic carbocycles. The second-order valence-corrected chi connectivity index (χ2v) is 13.7. The molecule has 0 spiro atoms. The summed E-state index contributed by atoms with van der Waals surface area (Å²) in [7, 11) is 0. The summed E-state index contributed by atoms with van der Waals surface area (Å²) in [6, 6.07) is 5.56. The maximum atomic E-state index is 15.6. The van der Waals surface area contributed by atoms with E-state index in [4.69, 9.17) is 21.7 Å². The number of rotatable bonds is 10. The van der Waals surface area contributed by atoms with Crippen LogP contribution in [0.15, 0.2) is 55.1 Å². The standard InChI is InChI=1S/C32H31ClF5N9O3/c1-30(2,3)14-31(18-5-6-19(21(34)9-18)17-11-41-42-12-17)27(48)46(28(39)45-31)23(13-50-29(49)44-24-10-32(24,37)38)16-4-7-20(33)22(8-16)47-26(25(35)36)40-15-43-47/h4-9,11-12,15,23-25H,10,13-14H2,1-3H3,(H2,39,45)(H,41,42)(H,44,49)/t23-,24?,31-/m1/s1. The van der Waals surface area contributed by atoms with Gasteiger partial charge < -0.3 is 15.4 Å². The van der Waals surface area contributed by atoms with E-state index in [-0.39, 0.29) is 33.8 Å². The maximum Gasteiger partial charge on any atom is 0.407 e. The fourth-order valence-electron chi connectivity index (χ4n) is 6.06. The second kappa shape index (κ2) is 12.7. The monoisotopic (exact) mass is 719 g/mol. The predicted octanol–water partition coefficient (Wildman–Crippen LogP) is 6.26. The van der Waals surface area contributed by atoms with Crippen molar-refractivity contribution in [3.63, 3.8) is 0 Å². The normalized spacial score (nSPS) is 20.6. The molecule has 264 valence electrons. The van der Waals surface area contributed by atoms with Crippen molar-refractivity contribution in [1.29, 1.82) is 5.41 Å². The van der Waals surface area contributed by atoms with Crippen LogP contribution < -0.4 is 10.6 Å². The van der Waals surface area contributed by atoms with E-state index in [0.29, 0.717) is 5.56 Å². The summed E-state index contributed by atoms with van der Waals surface area (Å²) in [5, 5.41) is 24.3. The quantitative estimate of drug-likeness (QED) is 0.141. The molecule has 4 aromatic rings. The van der Waals surface area contributed by atoms with E-state index in [0.717, 1.165) is 15.9 Å². The minimum atomic E-state index is -3.09. The fourth-order valence-corrected chi connectivity index (χ4v) is 6.26. The molecular weight excluding hydrogens is 689 g/mol. The molecule has 18 heteroatoms. The Bertz CT molecular complexity index is 1950. The molecule has 12 nitrogen and oxygen atoms in total. The number of alkyl halides is 4. The molecule has 4 N–H and O–H groups in total. The highest BCUT2D eigenvalue weighted by Crippen LogP contribution is 2.44. The van der Waals surface area contributed by atoms with Crippen molar-refractivity contribution in [3.05, 3.63) is 82.9 Å². The minimum absolute atomic E-state index is 0.0225. The van der Waals surface area contributed by atoms with E-state index in [9.17, 15) is 27.2 Å². The van der Waals surface area contributed by atoms with Gasteiger partial charge in [0.25, 0.3) is 18.3 Å². The molecule has 2 amide bonds. The average Bonchev–Trinajstić information content (AvgIpc) is 3.52. The van der Waals surface area contributed by atoms with Crippen LogP contribution >= 0.6 is 11.6 Å². The van der Waals surface area contributed by atoms with Crippen molar-refractivity contribution in [1.82, 2.24) is 40.5 Å². The third kappa shape index (κ3) is 6.60. The van der Waals surface area contributed by atoms with Gasteiger partial charge in [0.1, 0.15) is 30.3 Å². The smallest absolute Gasteiger partial charge is 0.407 e. The number of H-pyrrole nitrogens is 1. The zero-order valence-corrected chi connectivity index (χ0v) is 27.5. The number of alkyl carbamates (subject to hydrolysis) is 1. The molecule has 1 saturated carbocycles. The lowest BCUT2D eigenvalue weighted by Gasteiger charge is -2.35. The van der Waals surface area contributed by atoms with Gasteiger partial charge in [0.15, 0.2) is 11.8 Å². The van der Waals surface area contributed by atoms with Crippen LogP contribution in [0.2, 0.25) is 5.02 Å². The first-order valence-corrected chi connectivity index (χ1v) is 15.7. The van der Waals surface area contributed by atoms with Gasteiger partial charge in [0, 0.05) is 23.7 Å². The number of aromatic nitrogens is 5. The predicted molar refractivity (Wildman–Crippen MR) is 169 cm³/mol. The fraction of sp³-hybridized carbons (Fsp3) is 0.375. The summed E-state index contributed by atoms with van der Waals surface area (Å²) in [5.74, 6) is -5.64. The van der Waals surface area contributed by atoms with Gasteiger partial charge >= 0.3 is 6.09 Å². The Balaban J connectivity index is 1.42. The number of hydrogen-bond acceptors (Lipinski definition) is 7. The topological polar surface area (TPSA) is 154 Å². The SMILES string of the molecule is CC(C)(C)C[C@]1(c2ccc(-c3cn[nH]c3)c(F)c2)NC(=N)N([C@H](COC(=O)NC2CC2(F)F)c2ccc(Cl)c(-n3ncnc3C(F)F)c2)C1=O. The molecule has 1 aliphatic carbocycles. The Morgan fingerprint density at radius 2 is 1.96 bits per heavy atom.